The molecule has 0 aliphatic rings. The summed E-state index contributed by atoms with van der Waals surface area (Å²) in [5.74, 6) is -0.423. The van der Waals surface area contributed by atoms with Crippen molar-refractivity contribution in [2.75, 3.05) is 11.9 Å². The summed E-state index contributed by atoms with van der Waals surface area (Å²) in [6.45, 7) is 3.52. The summed E-state index contributed by atoms with van der Waals surface area (Å²) in [5.41, 5.74) is 3.24. The van der Waals surface area contributed by atoms with E-state index in [1.165, 1.54) is 12.1 Å². The summed E-state index contributed by atoms with van der Waals surface area (Å²) in [7, 11) is -3.94. The number of amides is 1. The van der Waals surface area contributed by atoms with Crippen molar-refractivity contribution in [3.63, 3.8) is 0 Å². The maximum absolute atomic E-state index is 13.4. The molecule has 3 aromatic rings. The van der Waals surface area contributed by atoms with Gasteiger partial charge in [0.15, 0.2) is 0 Å². The van der Waals surface area contributed by atoms with Crippen molar-refractivity contribution < 1.29 is 13.2 Å². The van der Waals surface area contributed by atoms with Crippen LogP contribution in [0.25, 0.3) is 0 Å². The number of benzene rings is 3. The van der Waals surface area contributed by atoms with E-state index < -0.39 is 15.9 Å². The summed E-state index contributed by atoms with van der Waals surface area (Å²) in [5, 5.41) is 3.59. The second-order valence-corrected chi connectivity index (χ2v) is 10.1. The lowest BCUT2D eigenvalue weighted by Crippen LogP contribution is -2.37. The summed E-state index contributed by atoms with van der Waals surface area (Å²) in [6.07, 6.45) is 0.743. The van der Waals surface area contributed by atoms with Gasteiger partial charge in [0.2, 0.25) is 15.9 Å². The summed E-state index contributed by atoms with van der Waals surface area (Å²) in [6, 6.07) is 18.7. The predicted molar refractivity (Wildman–Crippen MR) is 130 cm³/mol. The second-order valence-electron chi connectivity index (χ2n) is 7.35. The van der Waals surface area contributed by atoms with Gasteiger partial charge in [0.1, 0.15) is 0 Å². The summed E-state index contributed by atoms with van der Waals surface area (Å²) >= 11 is 12.1. The van der Waals surface area contributed by atoms with E-state index in [-0.39, 0.29) is 18.0 Å². The van der Waals surface area contributed by atoms with Crippen LogP contribution in [0.2, 0.25) is 10.0 Å². The Labute approximate surface area is 199 Å². The monoisotopic (exact) mass is 490 g/mol. The number of nitrogens with zero attached hydrogens (tertiary/aromatic N) is 1. The van der Waals surface area contributed by atoms with Crippen LogP contribution in [0.4, 0.5) is 5.69 Å². The van der Waals surface area contributed by atoms with Crippen LogP contribution in [-0.2, 0) is 27.8 Å². The van der Waals surface area contributed by atoms with Gasteiger partial charge < -0.3 is 5.32 Å². The number of hydrogen-bond acceptors (Lipinski definition) is 3. The fraction of sp³-hybridized carbons (Fsp3) is 0.208. The van der Waals surface area contributed by atoms with Crippen molar-refractivity contribution in [3.05, 3.63) is 93.5 Å². The Morgan fingerprint density at radius 2 is 1.69 bits per heavy atom. The molecule has 0 saturated heterocycles. The number of anilines is 1. The van der Waals surface area contributed by atoms with Crippen molar-refractivity contribution >= 4 is 44.8 Å². The van der Waals surface area contributed by atoms with Gasteiger partial charge in [-0.2, -0.15) is 4.31 Å². The topological polar surface area (TPSA) is 66.5 Å². The van der Waals surface area contributed by atoms with Crippen molar-refractivity contribution in [2.45, 2.75) is 31.7 Å². The molecule has 0 radical (unpaired) electrons. The molecule has 5 nitrogen and oxygen atoms in total. The number of aryl methyl sites for hydroxylation is 2. The van der Waals surface area contributed by atoms with Crippen molar-refractivity contribution in [3.8, 4) is 0 Å². The molecule has 0 spiro atoms. The Balaban J connectivity index is 1.92. The smallest absolute Gasteiger partial charge is 0.243 e. The van der Waals surface area contributed by atoms with Gasteiger partial charge in [-0.1, -0.05) is 72.6 Å². The van der Waals surface area contributed by atoms with Gasteiger partial charge in [-0.15, -0.1) is 0 Å². The molecule has 0 aliphatic carbocycles. The van der Waals surface area contributed by atoms with Gasteiger partial charge >= 0.3 is 0 Å². The van der Waals surface area contributed by atoms with Gasteiger partial charge in [0, 0.05) is 12.2 Å². The van der Waals surface area contributed by atoms with E-state index in [0.29, 0.717) is 21.3 Å². The molecule has 8 heteroatoms. The SMILES string of the molecule is CCc1cccc(C)c1NC(=O)CN(Cc1ccc(Cl)c(Cl)c1)S(=O)(=O)c1ccccc1. The molecule has 0 atom stereocenters. The van der Waals surface area contributed by atoms with Crippen LogP contribution in [0.3, 0.4) is 0 Å². The Bertz CT molecular complexity index is 1220. The zero-order valence-electron chi connectivity index (χ0n) is 17.8. The Hall–Kier alpha value is -2.38. The van der Waals surface area contributed by atoms with Crippen molar-refractivity contribution in [1.82, 2.24) is 4.31 Å². The first-order valence-corrected chi connectivity index (χ1v) is 12.3. The highest BCUT2D eigenvalue weighted by atomic mass is 35.5. The molecule has 1 N–H and O–H groups in total. The van der Waals surface area contributed by atoms with Crippen molar-refractivity contribution in [1.29, 1.82) is 0 Å². The van der Waals surface area contributed by atoms with Crippen molar-refractivity contribution in [2.24, 2.45) is 0 Å². The van der Waals surface area contributed by atoms with Crippen LogP contribution in [0, 0.1) is 6.92 Å². The molecule has 0 saturated carbocycles. The number of para-hydroxylation sites is 1. The number of carbonyl (C=O) groups excluding carboxylic acids is 1. The minimum atomic E-state index is -3.94. The average Bonchev–Trinajstić information content (AvgIpc) is 2.77. The lowest BCUT2D eigenvalue weighted by Gasteiger charge is -2.23. The summed E-state index contributed by atoms with van der Waals surface area (Å²) in [4.78, 5) is 13.1. The molecule has 0 aliphatic heterocycles. The first-order chi connectivity index (χ1) is 15.2. The minimum absolute atomic E-state index is 0.0318. The highest BCUT2D eigenvalue weighted by Crippen LogP contribution is 2.26. The van der Waals surface area contributed by atoms with E-state index in [9.17, 15) is 13.2 Å². The number of sulfonamides is 1. The fourth-order valence-electron chi connectivity index (χ4n) is 3.35. The van der Waals surface area contributed by atoms with E-state index in [1.807, 2.05) is 32.0 Å². The maximum Gasteiger partial charge on any atom is 0.243 e. The largest absolute Gasteiger partial charge is 0.324 e. The van der Waals surface area contributed by atoms with E-state index in [0.717, 1.165) is 21.9 Å². The molecule has 168 valence electrons. The van der Waals surface area contributed by atoms with E-state index in [4.69, 9.17) is 23.2 Å². The third-order valence-electron chi connectivity index (χ3n) is 5.05. The first-order valence-electron chi connectivity index (χ1n) is 10.1. The van der Waals surface area contributed by atoms with Gasteiger partial charge in [-0.25, -0.2) is 8.42 Å². The lowest BCUT2D eigenvalue weighted by molar-refractivity contribution is -0.116. The normalized spacial score (nSPS) is 11.5. The molecule has 3 aromatic carbocycles. The standard InChI is InChI=1S/C24H24Cl2N2O3S/c1-3-19-9-7-8-17(2)24(19)27-23(29)16-28(15-18-12-13-21(25)22(26)14-18)32(30,31)20-10-5-4-6-11-20/h4-14H,3,15-16H2,1-2H3,(H,27,29). The zero-order chi connectivity index (χ0) is 23.3. The maximum atomic E-state index is 13.4. The van der Waals surface area contributed by atoms with E-state index >= 15 is 0 Å². The minimum Gasteiger partial charge on any atom is -0.324 e. The zero-order valence-corrected chi connectivity index (χ0v) is 20.1. The summed E-state index contributed by atoms with van der Waals surface area (Å²) < 4.78 is 27.8. The third kappa shape index (κ3) is 5.70. The number of halogens is 2. The Morgan fingerprint density at radius 1 is 0.969 bits per heavy atom. The molecular weight excluding hydrogens is 467 g/mol. The van der Waals surface area contributed by atoms with E-state index in [1.54, 1.807) is 36.4 Å². The van der Waals surface area contributed by atoms with Gasteiger partial charge in [0.05, 0.1) is 21.5 Å². The first kappa shape index (κ1) is 24.3. The van der Waals surface area contributed by atoms with Crippen LogP contribution in [-0.4, -0.2) is 25.2 Å². The van der Waals surface area contributed by atoms with Crippen LogP contribution >= 0.6 is 23.2 Å². The molecule has 1 amide bonds. The van der Waals surface area contributed by atoms with Crippen LogP contribution < -0.4 is 5.32 Å². The van der Waals surface area contributed by atoms with Crippen LogP contribution in [0.5, 0.6) is 0 Å². The highest BCUT2D eigenvalue weighted by molar-refractivity contribution is 7.89. The molecule has 0 aromatic heterocycles. The molecule has 0 heterocycles. The number of nitrogens with one attached hydrogen (secondary N) is 1. The van der Waals surface area contributed by atoms with Gasteiger partial charge in [-0.3, -0.25) is 4.79 Å². The Morgan fingerprint density at radius 3 is 2.34 bits per heavy atom. The lowest BCUT2D eigenvalue weighted by atomic mass is 10.1. The van der Waals surface area contributed by atoms with Gasteiger partial charge in [-0.05, 0) is 54.3 Å². The number of rotatable bonds is 8. The van der Waals surface area contributed by atoms with Gasteiger partial charge in [0.25, 0.3) is 0 Å². The molecule has 0 fully saturated rings. The number of hydrogen-bond donors (Lipinski definition) is 1. The Kier molecular flexibility index (Phi) is 7.96. The third-order valence-corrected chi connectivity index (χ3v) is 7.59. The number of carbonyl (C=O) groups is 1. The molecule has 32 heavy (non-hydrogen) atoms. The molecular formula is C24H24Cl2N2O3S. The quantitative estimate of drug-likeness (QED) is 0.440. The van der Waals surface area contributed by atoms with Crippen LogP contribution in [0.1, 0.15) is 23.6 Å². The average molecular weight is 491 g/mol. The molecule has 3 rings (SSSR count). The highest BCUT2D eigenvalue weighted by Gasteiger charge is 2.27. The second kappa shape index (κ2) is 10.5. The fourth-order valence-corrected chi connectivity index (χ4v) is 5.08. The van der Waals surface area contributed by atoms with E-state index in [2.05, 4.69) is 5.32 Å². The predicted octanol–water partition coefficient (Wildman–Crippen LogP) is 5.69. The van der Waals surface area contributed by atoms with Crippen LogP contribution in [0.15, 0.2) is 71.6 Å². The molecule has 0 unspecified atom stereocenters. The molecule has 0 bridgehead atoms.